The molecule has 0 N–H and O–H groups in total. The summed E-state index contributed by atoms with van der Waals surface area (Å²) in [6.07, 6.45) is 4.65. The number of benzene rings is 9. The third kappa shape index (κ3) is 4.68. The minimum absolute atomic E-state index is 0.0132. The van der Waals surface area contributed by atoms with Crippen LogP contribution in [0.25, 0.3) is 88.4 Å². The molecule has 3 aliphatic carbocycles. The topological polar surface area (TPSA) is 9.86 Å². The lowest BCUT2D eigenvalue weighted by Gasteiger charge is -2.47. The molecule has 3 heteroatoms. The van der Waals surface area contributed by atoms with Crippen LogP contribution in [0.4, 0.5) is 0 Å². The van der Waals surface area contributed by atoms with Crippen LogP contribution in [0.3, 0.4) is 0 Å². The van der Waals surface area contributed by atoms with E-state index in [2.05, 4.69) is 228 Å². The normalized spacial score (nSPS) is 18.6. The molecule has 3 aliphatic heterocycles. The Hall–Kier alpha value is -7.36. The Balaban J connectivity index is 1.19. The molecular formula is C71H59BN2. The Kier molecular flexibility index (Phi) is 7.55. The van der Waals surface area contributed by atoms with Crippen LogP contribution >= 0.6 is 0 Å². The highest BCUT2D eigenvalue weighted by molar-refractivity contribution is 7.00. The Morgan fingerprint density at radius 2 is 0.932 bits per heavy atom. The van der Waals surface area contributed by atoms with Gasteiger partial charge in [0.1, 0.15) is 0 Å². The van der Waals surface area contributed by atoms with Crippen molar-refractivity contribution in [3.05, 3.63) is 208 Å². The van der Waals surface area contributed by atoms with Crippen molar-refractivity contribution in [3.63, 3.8) is 0 Å². The predicted molar refractivity (Wildman–Crippen MR) is 312 cm³/mol. The summed E-state index contributed by atoms with van der Waals surface area (Å²) < 4.78 is 5.66. The Morgan fingerprint density at radius 1 is 0.405 bits per heavy atom. The smallest absolute Gasteiger partial charge is 0.252 e. The largest absolute Gasteiger partial charge is 0.310 e. The van der Waals surface area contributed by atoms with E-state index in [1.165, 1.54) is 122 Å². The first-order valence-electron chi connectivity index (χ1n) is 27.6. The van der Waals surface area contributed by atoms with Crippen molar-refractivity contribution in [3.8, 4) is 44.9 Å². The van der Waals surface area contributed by atoms with Gasteiger partial charge in [0.25, 0.3) is 6.71 Å². The van der Waals surface area contributed by atoms with Gasteiger partial charge < -0.3 is 9.13 Å². The van der Waals surface area contributed by atoms with Gasteiger partial charge in [-0.3, -0.25) is 0 Å². The molecule has 5 heterocycles. The van der Waals surface area contributed by atoms with E-state index in [0.717, 1.165) is 25.7 Å². The zero-order chi connectivity index (χ0) is 49.7. The summed E-state index contributed by atoms with van der Waals surface area (Å²) in [6.45, 7) is 20.5. The van der Waals surface area contributed by atoms with Crippen molar-refractivity contribution in [2.45, 2.75) is 108 Å². The van der Waals surface area contributed by atoms with E-state index in [1.54, 1.807) is 27.6 Å². The Morgan fingerprint density at radius 3 is 1.59 bits per heavy atom. The van der Waals surface area contributed by atoms with Crippen LogP contribution in [-0.2, 0) is 27.1 Å². The second-order valence-corrected chi connectivity index (χ2v) is 25.9. The summed E-state index contributed by atoms with van der Waals surface area (Å²) in [5, 5.41) is 7.04. The molecule has 0 fully saturated rings. The summed E-state index contributed by atoms with van der Waals surface area (Å²) in [4.78, 5) is 0. The fourth-order valence-corrected chi connectivity index (χ4v) is 16.9. The zero-order valence-corrected chi connectivity index (χ0v) is 43.9. The summed E-state index contributed by atoms with van der Waals surface area (Å²) in [7, 11) is 0. The van der Waals surface area contributed by atoms with Crippen molar-refractivity contribution in [2.75, 3.05) is 0 Å². The minimum Gasteiger partial charge on any atom is -0.310 e. The maximum atomic E-state index is 2.91. The second kappa shape index (κ2) is 13.3. The molecule has 74 heavy (non-hydrogen) atoms. The van der Waals surface area contributed by atoms with Gasteiger partial charge in [-0.05, 0) is 147 Å². The van der Waals surface area contributed by atoms with Gasteiger partial charge in [-0.2, -0.15) is 0 Å². The summed E-state index contributed by atoms with van der Waals surface area (Å²) in [6, 6.07) is 64.3. The molecule has 2 nitrogen and oxygen atoms in total. The molecule has 356 valence electrons. The highest BCUT2D eigenvalue weighted by Crippen LogP contribution is 2.65. The van der Waals surface area contributed by atoms with Crippen molar-refractivity contribution < 1.29 is 0 Å². The quantitative estimate of drug-likeness (QED) is 0.153. The maximum Gasteiger partial charge on any atom is 0.252 e. The fourth-order valence-electron chi connectivity index (χ4n) is 16.9. The molecule has 9 aromatic carbocycles. The highest BCUT2D eigenvalue weighted by Gasteiger charge is 2.57. The van der Waals surface area contributed by atoms with Crippen LogP contribution in [0.5, 0.6) is 0 Å². The number of hydrogen-bond acceptors (Lipinski definition) is 0. The molecule has 0 bridgehead atoms. The summed E-state index contributed by atoms with van der Waals surface area (Å²) in [5.41, 5.74) is 30.4. The first-order valence-corrected chi connectivity index (χ1v) is 27.6. The molecule has 1 spiro atoms. The van der Waals surface area contributed by atoms with E-state index in [9.17, 15) is 0 Å². The Bertz CT molecular complexity index is 4370. The van der Waals surface area contributed by atoms with Crippen LogP contribution in [0.15, 0.2) is 164 Å². The van der Waals surface area contributed by atoms with Gasteiger partial charge in [0, 0.05) is 38.6 Å². The molecule has 11 aromatic rings. The predicted octanol–water partition coefficient (Wildman–Crippen LogP) is 15.7. The van der Waals surface area contributed by atoms with E-state index in [-0.39, 0.29) is 28.4 Å². The zero-order valence-electron chi connectivity index (χ0n) is 43.9. The first-order chi connectivity index (χ1) is 35.7. The van der Waals surface area contributed by atoms with Gasteiger partial charge in [0.05, 0.1) is 22.1 Å². The molecule has 0 atom stereocenters. The first kappa shape index (κ1) is 42.0. The number of hydrogen-bond donors (Lipinski definition) is 0. The van der Waals surface area contributed by atoms with Crippen LogP contribution in [0.2, 0.25) is 0 Å². The molecule has 0 saturated carbocycles. The lowest BCUT2D eigenvalue weighted by molar-refractivity contribution is 0.333. The molecule has 0 unspecified atom stereocenters. The van der Waals surface area contributed by atoms with Gasteiger partial charge in [-0.15, -0.1) is 0 Å². The number of nitrogens with zero attached hydrogens (tertiary/aromatic N) is 2. The van der Waals surface area contributed by atoms with Crippen molar-refractivity contribution in [1.82, 2.24) is 9.13 Å². The number of aromatic nitrogens is 2. The molecular weight excluding hydrogens is 892 g/mol. The lowest BCUT2D eigenvalue weighted by atomic mass is 9.33. The number of rotatable bonds is 2. The van der Waals surface area contributed by atoms with E-state index in [1.807, 2.05) is 0 Å². The molecule has 2 aromatic heterocycles. The highest BCUT2D eigenvalue weighted by atomic mass is 15.1. The van der Waals surface area contributed by atoms with Crippen molar-refractivity contribution in [2.24, 2.45) is 0 Å². The molecule has 0 radical (unpaired) electrons. The molecule has 17 rings (SSSR count). The molecule has 0 saturated heterocycles. The van der Waals surface area contributed by atoms with Gasteiger partial charge >= 0.3 is 0 Å². The van der Waals surface area contributed by atoms with Crippen LogP contribution in [0, 0.1) is 0 Å². The monoisotopic (exact) mass is 950 g/mol. The van der Waals surface area contributed by atoms with E-state index in [4.69, 9.17) is 0 Å². The minimum atomic E-state index is -0.559. The summed E-state index contributed by atoms with van der Waals surface area (Å²) >= 11 is 0. The lowest BCUT2D eigenvalue weighted by Crippen LogP contribution is -2.61. The maximum absolute atomic E-state index is 2.91. The SMILES string of the molecule is CC1(C)CCC(C)(C)c2c1cc1c3c2c2c4c(cc5c2n3-c2c(ccc3c2B1c1cc2ccccc2c2c(-c6ccccc6)c(-c6ccccc6)n-3c12)C51c2ccccc2-c2ccccc21)C(C)(C)CCC4(C)C. The third-order valence-electron chi connectivity index (χ3n) is 20.3. The molecule has 0 amide bonds. The van der Waals surface area contributed by atoms with Gasteiger partial charge in [-0.25, -0.2) is 0 Å². The Labute approximate surface area is 434 Å². The van der Waals surface area contributed by atoms with E-state index >= 15 is 0 Å². The van der Waals surface area contributed by atoms with Crippen molar-refractivity contribution in [1.29, 1.82) is 0 Å². The third-order valence-corrected chi connectivity index (χ3v) is 20.3. The summed E-state index contributed by atoms with van der Waals surface area (Å²) in [5.74, 6) is 0. The van der Waals surface area contributed by atoms with Gasteiger partial charge in [-0.1, -0.05) is 213 Å². The van der Waals surface area contributed by atoms with Crippen LogP contribution in [0.1, 0.15) is 126 Å². The van der Waals surface area contributed by atoms with Gasteiger partial charge in [0.15, 0.2) is 0 Å². The molecule has 6 aliphatic rings. The number of fused-ring (bicyclic) bond motifs is 17. The second-order valence-electron chi connectivity index (χ2n) is 25.9. The van der Waals surface area contributed by atoms with E-state index < -0.39 is 5.41 Å². The fraction of sp³-hybridized carbons (Fsp3) is 0.239. The van der Waals surface area contributed by atoms with Crippen LogP contribution in [-0.4, -0.2) is 15.8 Å². The average Bonchev–Trinajstić information content (AvgIpc) is 4.23. The van der Waals surface area contributed by atoms with Crippen LogP contribution < -0.4 is 16.4 Å². The van der Waals surface area contributed by atoms with E-state index in [0.29, 0.717) is 0 Å². The van der Waals surface area contributed by atoms with Gasteiger partial charge in [0.2, 0.25) is 0 Å². The standard InChI is InChI=1S/C71H59BN2/c1-67(2)33-35-69(5,6)59-49(67)38-51-63-57(59)58-60-50(68(3,4)34-36-70(60,7)8)39-53-66(58)74(63)64-48(71(51)46-29-19-17-27-44(46)45-28-18-20-30-47(45)71)31-32-54-61(64)72(53)52-37-42-25-15-16-26-43(42)56-55(40-21-11-9-12-22-40)62(73(54)65(52)56)41-23-13-10-14-24-41/h9-32,37-39H,33-36H2,1-8H3. The van der Waals surface area contributed by atoms with Crippen molar-refractivity contribution >= 4 is 66.6 Å². The average molecular weight is 951 g/mol.